The molecular formula is C19H21F3N2O3. The van der Waals surface area contributed by atoms with Gasteiger partial charge >= 0.3 is 6.03 Å². The molecule has 0 spiro atoms. The topological polar surface area (TPSA) is 50.8 Å². The van der Waals surface area contributed by atoms with E-state index in [0.717, 1.165) is 0 Å². The predicted molar refractivity (Wildman–Crippen MR) is 96.1 cm³/mol. The molecule has 0 fully saturated rings. The van der Waals surface area contributed by atoms with E-state index in [1.807, 2.05) is 0 Å². The molecule has 0 radical (unpaired) electrons. The average molecular weight is 382 g/mol. The van der Waals surface area contributed by atoms with Crippen molar-refractivity contribution in [1.29, 1.82) is 0 Å². The van der Waals surface area contributed by atoms with Crippen molar-refractivity contribution < 1.29 is 27.4 Å². The first-order valence-electron chi connectivity index (χ1n) is 8.16. The number of amides is 2. The number of nitrogens with one attached hydrogen (secondary N) is 1. The van der Waals surface area contributed by atoms with Crippen molar-refractivity contribution in [3.05, 3.63) is 53.3 Å². The van der Waals surface area contributed by atoms with Gasteiger partial charge in [0.05, 0.1) is 7.11 Å². The maximum atomic E-state index is 13.7. The van der Waals surface area contributed by atoms with E-state index in [1.54, 1.807) is 32.2 Å². The number of nitrogens with zero attached hydrogens (tertiary/aromatic N) is 1. The lowest BCUT2D eigenvalue weighted by atomic mass is 10.2. The largest absolute Gasteiger partial charge is 0.494 e. The van der Waals surface area contributed by atoms with Crippen LogP contribution in [0, 0.1) is 12.7 Å². The molecule has 0 aromatic heterocycles. The molecule has 0 aliphatic carbocycles. The Morgan fingerprint density at radius 1 is 1.19 bits per heavy atom. The van der Waals surface area contributed by atoms with E-state index < -0.39 is 24.9 Å². The molecule has 146 valence electrons. The summed E-state index contributed by atoms with van der Waals surface area (Å²) in [6, 6.07) is 8.80. The zero-order valence-electron chi connectivity index (χ0n) is 15.3. The second-order valence-corrected chi connectivity index (χ2v) is 5.94. The number of carbonyl (C=O) groups excluding carboxylic acids is 1. The van der Waals surface area contributed by atoms with Crippen LogP contribution in [0.1, 0.15) is 11.1 Å². The predicted octanol–water partition coefficient (Wildman–Crippen LogP) is 4.45. The number of carbonyl (C=O) groups is 1. The monoisotopic (exact) mass is 382 g/mol. The van der Waals surface area contributed by atoms with Gasteiger partial charge in [-0.15, -0.1) is 0 Å². The molecule has 0 saturated carbocycles. The summed E-state index contributed by atoms with van der Waals surface area (Å²) in [5.74, 6) is -0.113. The fourth-order valence-corrected chi connectivity index (χ4v) is 2.36. The normalized spacial score (nSPS) is 10.6. The lowest BCUT2D eigenvalue weighted by Gasteiger charge is -2.19. The first kappa shape index (κ1) is 20.4. The summed E-state index contributed by atoms with van der Waals surface area (Å²) in [4.78, 5) is 13.7. The standard InChI is InChI=1S/C19H21F3N2O3/c1-12-4-6-14(9-17(12)27-11-18(21)22)23-19(25)24(2)10-13-5-7-16(26-3)15(20)8-13/h4-9,18H,10-11H2,1-3H3,(H,23,25). The highest BCUT2D eigenvalue weighted by atomic mass is 19.3. The Morgan fingerprint density at radius 3 is 2.56 bits per heavy atom. The van der Waals surface area contributed by atoms with E-state index in [-0.39, 0.29) is 18.0 Å². The molecule has 0 saturated heterocycles. The Hall–Kier alpha value is -2.90. The molecule has 1 N–H and O–H groups in total. The fraction of sp³-hybridized carbons (Fsp3) is 0.316. The van der Waals surface area contributed by atoms with Gasteiger partial charge in [0.2, 0.25) is 0 Å². The summed E-state index contributed by atoms with van der Waals surface area (Å²) in [5.41, 5.74) is 1.68. The molecule has 27 heavy (non-hydrogen) atoms. The summed E-state index contributed by atoms with van der Waals surface area (Å²) in [7, 11) is 2.93. The van der Waals surface area contributed by atoms with Gasteiger partial charge < -0.3 is 19.7 Å². The molecule has 5 nitrogen and oxygen atoms in total. The van der Waals surface area contributed by atoms with Crippen LogP contribution in [-0.2, 0) is 6.54 Å². The van der Waals surface area contributed by atoms with E-state index in [4.69, 9.17) is 9.47 Å². The quantitative estimate of drug-likeness (QED) is 0.770. The Kier molecular flexibility index (Phi) is 6.92. The highest BCUT2D eigenvalue weighted by Gasteiger charge is 2.13. The maximum Gasteiger partial charge on any atom is 0.321 e. The summed E-state index contributed by atoms with van der Waals surface area (Å²) in [6.07, 6.45) is -2.58. The molecule has 0 bridgehead atoms. The Balaban J connectivity index is 2.01. The van der Waals surface area contributed by atoms with Gasteiger partial charge in [0.15, 0.2) is 11.6 Å². The van der Waals surface area contributed by atoms with Gasteiger partial charge in [-0.25, -0.2) is 18.0 Å². The van der Waals surface area contributed by atoms with Crippen LogP contribution in [0.15, 0.2) is 36.4 Å². The molecule has 2 rings (SSSR count). The highest BCUT2D eigenvalue weighted by molar-refractivity contribution is 5.89. The Bertz CT molecular complexity index is 800. The number of anilines is 1. The van der Waals surface area contributed by atoms with E-state index >= 15 is 0 Å². The minimum Gasteiger partial charge on any atom is -0.494 e. The molecule has 0 aliphatic rings. The van der Waals surface area contributed by atoms with Crippen LogP contribution in [-0.4, -0.2) is 38.1 Å². The molecule has 0 heterocycles. The average Bonchev–Trinajstić information content (AvgIpc) is 2.62. The summed E-state index contributed by atoms with van der Waals surface area (Å²) in [6.45, 7) is 1.17. The van der Waals surface area contributed by atoms with Crippen LogP contribution in [0.25, 0.3) is 0 Å². The van der Waals surface area contributed by atoms with Gasteiger partial charge in [-0.05, 0) is 36.2 Å². The molecule has 2 aromatic rings. The maximum absolute atomic E-state index is 13.7. The van der Waals surface area contributed by atoms with Crippen LogP contribution < -0.4 is 14.8 Å². The smallest absolute Gasteiger partial charge is 0.321 e. The number of urea groups is 1. The lowest BCUT2D eigenvalue weighted by Crippen LogP contribution is -2.30. The van der Waals surface area contributed by atoms with Crippen molar-refractivity contribution in [1.82, 2.24) is 4.90 Å². The third-order valence-corrected chi connectivity index (χ3v) is 3.79. The van der Waals surface area contributed by atoms with Crippen molar-refractivity contribution >= 4 is 11.7 Å². The molecule has 8 heteroatoms. The molecule has 0 aliphatic heterocycles. The van der Waals surface area contributed by atoms with Gasteiger partial charge in [0.25, 0.3) is 6.43 Å². The van der Waals surface area contributed by atoms with Crippen molar-refractivity contribution in [2.75, 3.05) is 26.1 Å². The second kappa shape index (κ2) is 9.16. The zero-order chi connectivity index (χ0) is 20.0. The fourth-order valence-electron chi connectivity index (χ4n) is 2.36. The Morgan fingerprint density at radius 2 is 1.93 bits per heavy atom. The lowest BCUT2D eigenvalue weighted by molar-refractivity contribution is 0.0816. The summed E-state index contributed by atoms with van der Waals surface area (Å²) < 4.78 is 48.3. The van der Waals surface area contributed by atoms with Crippen LogP contribution in [0.3, 0.4) is 0 Å². The van der Waals surface area contributed by atoms with Crippen LogP contribution >= 0.6 is 0 Å². The first-order chi connectivity index (χ1) is 12.8. The van der Waals surface area contributed by atoms with Gasteiger partial charge in [0, 0.05) is 25.3 Å². The number of ether oxygens (including phenoxy) is 2. The minimum atomic E-state index is -2.58. The number of halogens is 3. The van der Waals surface area contributed by atoms with Gasteiger partial charge in [-0.1, -0.05) is 12.1 Å². The third-order valence-electron chi connectivity index (χ3n) is 3.79. The van der Waals surface area contributed by atoms with E-state index in [0.29, 0.717) is 16.8 Å². The summed E-state index contributed by atoms with van der Waals surface area (Å²) >= 11 is 0. The van der Waals surface area contributed by atoms with Crippen LogP contribution in [0.5, 0.6) is 11.5 Å². The number of benzene rings is 2. The number of hydrogen-bond acceptors (Lipinski definition) is 3. The SMILES string of the molecule is COc1ccc(CN(C)C(=O)Nc2ccc(C)c(OCC(F)F)c2)cc1F. The number of rotatable bonds is 7. The molecule has 2 amide bonds. The van der Waals surface area contributed by atoms with Crippen LogP contribution in [0.2, 0.25) is 0 Å². The van der Waals surface area contributed by atoms with Gasteiger partial charge in [-0.2, -0.15) is 0 Å². The third kappa shape index (κ3) is 5.80. The first-order valence-corrected chi connectivity index (χ1v) is 8.16. The molecule has 0 atom stereocenters. The number of hydrogen-bond donors (Lipinski definition) is 1. The van der Waals surface area contributed by atoms with Gasteiger partial charge in [-0.3, -0.25) is 0 Å². The van der Waals surface area contributed by atoms with E-state index in [1.165, 1.54) is 30.2 Å². The molecule has 2 aromatic carbocycles. The molecule has 0 unspecified atom stereocenters. The second-order valence-electron chi connectivity index (χ2n) is 5.94. The summed E-state index contributed by atoms with van der Waals surface area (Å²) in [5, 5.41) is 2.66. The number of methoxy groups -OCH3 is 1. The van der Waals surface area contributed by atoms with Crippen molar-refractivity contribution in [2.24, 2.45) is 0 Å². The van der Waals surface area contributed by atoms with E-state index in [9.17, 15) is 18.0 Å². The minimum absolute atomic E-state index is 0.127. The van der Waals surface area contributed by atoms with Crippen LogP contribution in [0.4, 0.5) is 23.7 Å². The zero-order valence-corrected chi connectivity index (χ0v) is 15.3. The van der Waals surface area contributed by atoms with Crippen molar-refractivity contribution in [2.45, 2.75) is 19.9 Å². The highest BCUT2D eigenvalue weighted by Crippen LogP contribution is 2.24. The van der Waals surface area contributed by atoms with Crippen molar-refractivity contribution in [3.63, 3.8) is 0 Å². The molecular weight excluding hydrogens is 361 g/mol. The number of aryl methyl sites for hydroxylation is 1. The Labute approximate surface area is 155 Å². The van der Waals surface area contributed by atoms with E-state index in [2.05, 4.69) is 5.32 Å². The van der Waals surface area contributed by atoms with Gasteiger partial charge in [0.1, 0.15) is 12.4 Å². The van der Waals surface area contributed by atoms with Crippen molar-refractivity contribution in [3.8, 4) is 11.5 Å². The number of alkyl halides is 2.